The molecular weight excluding hydrogens is 386 g/mol. The minimum atomic E-state index is -0.820. The first-order valence-electron chi connectivity index (χ1n) is 11.9. The fraction of sp³-hybridized carbons (Fsp3) is 0.630. The number of allylic oxidation sites excluding steroid dienone is 2. The molecule has 4 nitrogen and oxygen atoms in total. The Kier molecular flexibility index (Phi) is 4.92. The van der Waals surface area contributed by atoms with Crippen molar-refractivity contribution in [2.45, 2.75) is 70.3 Å². The number of hydrogen-bond acceptors (Lipinski definition) is 4. The maximum atomic E-state index is 13.1. The molecular formula is C27H33NO3. The van der Waals surface area contributed by atoms with Gasteiger partial charge in [-0.15, -0.1) is 6.42 Å². The number of ether oxygens (including phenoxy) is 1. The lowest BCUT2D eigenvalue weighted by Crippen LogP contribution is -2.54. The Morgan fingerprint density at radius 1 is 1.19 bits per heavy atom. The molecule has 0 aromatic rings. The van der Waals surface area contributed by atoms with Gasteiger partial charge in [0.2, 0.25) is 0 Å². The smallest absolute Gasteiger partial charge is 0.337 e. The molecule has 0 bridgehead atoms. The van der Waals surface area contributed by atoms with Gasteiger partial charge in [0.1, 0.15) is 0 Å². The van der Waals surface area contributed by atoms with Gasteiger partial charge in [-0.1, -0.05) is 24.5 Å². The van der Waals surface area contributed by atoms with Gasteiger partial charge in [0.15, 0.2) is 11.4 Å². The molecule has 1 heterocycles. The summed E-state index contributed by atoms with van der Waals surface area (Å²) in [5.74, 6) is 5.36. The van der Waals surface area contributed by atoms with Crippen molar-refractivity contribution in [3.8, 4) is 12.3 Å². The molecule has 164 valence electrons. The van der Waals surface area contributed by atoms with Crippen molar-refractivity contribution in [1.29, 1.82) is 0 Å². The van der Waals surface area contributed by atoms with E-state index in [-0.39, 0.29) is 11.4 Å². The average Bonchev–Trinajstić information content (AvgIpc) is 3.06. The molecule has 5 rings (SSSR count). The Bertz CT molecular complexity index is 937. The maximum absolute atomic E-state index is 13.1. The zero-order chi connectivity index (χ0) is 21.8. The normalized spacial score (nSPS) is 41.3. The highest BCUT2D eigenvalue weighted by Crippen LogP contribution is 2.65. The molecule has 6 atom stereocenters. The number of esters is 1. The highest BCUT2D eigenvalue weighted by molar-refractivity contribution is 5.91. The quantitative estimate of drug-likeness (QED) is 0.478. The number of fused-ring (bicyclic) bond motifs is 5. The molecule has 0 amide bonds. The fourth-order valence-electron chi connectivity index (χ4n) is 7.66. The van der Waals surface area contributed by atoms with E-state index in [9.17, 15) is 9.59 Å². The van der Waals surface area contributed by atoms with Crippen molar-refractivity contribution < 1.29 is 14.3 Å². The number of terminal acetylenes is 1. The summed E-state index contributed by atoms with van der Waals surface area (Å²) in [6.07, 6.45) is 22.2. The van der Waals surface area contributed by atoms with Crippen LogP contribution in [-0.4, -0.2) is 29.3 Å². The van der Waals surface area contributed by atoms with E-state index in [0.717, 1.165) is 44.9 Å². The van der Waals surface area contributed by atoms with Crippen molar-refractivity contribution in [1.82, 2.24) is 4.90 Å². The van der Waals surface area contributed by atoms with E-state index in [4.69, 9.17) is 11.2 Å². The van der Waals surface area contributed by atoms with Crippen LogP contribution in [-0.2, 0) is 14.3 Å². The van der Waals surface area contributed by atoms with E-state index in [0.29, 0.717) is 47.9 Å². The topological polar surface area (TPSA) is 46.6 Å². The van der Waals surface area contributed by atoms with Gasteiger partial charge in [0, 0.05) is 31.5 Å². The van der Waals surface area contributed by atoms with Gasteiger partial charge in [0.25, 0.3) is 0 Å². The lowest BCUT2D eigenvalue weighted by atomic mass is 9.50. The number of ketones is 1. The largest absolute Gasteiger partial charge is 0.442 e. The summed E-state index contributed by atoms with van der Waals surface area (Å²) >= 11 is 0. The third-order valence-electron chi connectivity index (χ3n) is 9.22. The standard InChI is InChI=1S/C27H33NO3/c1-4-27(31-25(30)19-6-5-15-28(3)17-19)14-12-24-23-9-7-18-16-20(29)8-10-21(18)22(23)11-13-26(24,27)2/h1,5,15-17,21-24H,6-14H2,2-3H3/t21-,22+,23+,24-,26-,27-/m0/s1. The Morgan fingerprint density at radius 3 is 2.81 bits per heavy atom. The van der Waals surface area contributed by atoms with Crippen molar-refractivity contribution >= 4 is 11.8 Å². The number of hydrogen-bond donors (Lipinski definition) is 0. The van der Waals surface area contributed by atoms with E-state index in [2.05, 4.69) is 12.8 Å². The number of nitrogens with zero attached hydrogens (tertiary/aromatic N) is 1. The molecule has 5 aliphatic rings. The van der Waals surface area contributed by atoms with Crippen LogP contribution in [0.15, 0.2) is 35.7 Å². The van der Waals surface area contributed by atoms with Gasteiger partial charge in [-0.2, -0.15) is 0 Å². The van der Waals surface area contributed by atoms with Crippen LogP contribution in [0.1, 0.15) is 64.7 Å². The van der Waals surface area contributed by atoms with E-state index < -0.39 is 5.60 Å². The predicted molar refractivity (Wildman–Crippen MR) is 119 cm³/mol. The van der Waals surface area contributed by atoms with Crippen LogP contribution in [0.2, 0.25) is 0 Å². The van der Waals surface area contributed by atoms with Gasteiger partial charge in [-0.25, -0.2) is 4.79 Å². The predicted octanol–water partition coefficient (Wildman–Crippen LogP) is 4.78. The second kappa shape index (κ2) is 7.40. The first kappa shape index (κ1) is 20.6. The molecule has 0 aromatic heterocycles. The molecule has 0 N–H and O–H groups in total. The van der Waals surface area contributed by atoms with Crippen LogP contribution in [0.5, 0.6) is 0 Å². The van der Waals surface area contributed by atoms with Crippen molar-refractivity contribution in [3.63, 3.8) is 0 Å². The van der Waals surface area contributed by atoms with Crippen LogP contribution < -0.4 is 0 Å². The minimum absolute atomic E-state index is 0.179. The van der Waals surface area contributed by atoms with E-state index in [1.165, 1.54) is 5.57 Å². The van der Waals surface area contributed by atoms with E-state index >= 15 is 0 Å². The molecule has 3 fully saturated rings. The summed E-state index contributed by atoms with van der Waals surface area (Å²) in [5.41, 5.74) is 1.06. The molecule has 31 heavy (non-hydrogen) atoms. The molecule has 3 saturated carbocycles. The second-order valence-corrected chi connectivity index (χ2v) is 10.6. The van der Waals surface area contributed by atoms with Gasteiger partial charge < -0.3 is 9.64 Å². The molecule has 4 heteroatoms. The molecule has 0 radical (unpaired) electrons. The highest BCUT2D eigenvalue weighted by Gasteiger charge is 2.64. The molecule has 0 unspecified atom stereocenters. The lowest BCUT2D eigenvalue weighted by molar-refractivity contribution is -0.165. The monoisotopic (exact) mass is 419 g/mol. The van der Waals surface area contributed by atoms with Crippen LogP contribution in [0.25, 0.3) is 0 Å². The van der Waals surface area contributed by atoms with Crippen molar-refractivity contribution in [3.05, 3.63) is 35.7 Å². The summed E-state index contributed by atoms with van der Waals surface area (Å²) in [4.78, 5) is 26.9. The second-order valence-electron chi connectivity index (χ2n) is 10.6. The molecule has 0 aromatic carbocycles. The first-order chi connectivity index (χ1) is 14.9. The van der Waals surface area contributed by atoms with Gasteiger partial charge >= 0.3 is 5.97 Å². The highest BCUT2D eigenvalue weighted by atomic mass is 16.6. The summed E-state index contributed by atoms with van der Waals surface area (Å²) in [6, 6.07) is 0. The molecule has 0 spiro atoms. The zero-order valence-corrected chi connectivity index (χ0v) is 18.7. The van der Waals surface area contributed by atoms with Crippen LogP contribution in [0.4, 0.5) is 0 Å². The Labute approximate surface area is 185 Å². The van der Waals surface area contributed by atoms with Crippen molar-refractivity contribution in [2.75, 3.05) is 7.05 Å². The molecule has 4 aliphatic carbocycles. The molecule has 1 aliphatic heterocycles. The average molecular weight is 420 g/mol. The van der Waals surface area contributed by atoms with E-state index in [1.54, 1.807) is 0 Å². The van der Waals surface area contributed by atoms with Crippen molar-refractivity contribution in [2.24, 2.45) is 29.1 Å². The van der Waals surface area contributed by atoms with Crippen LogP contribution in [0, 0.1) is 41.4 Å². The number of rotatable bonds is 2. The summed E-state index contributed by atoms with van der Waals surface area (Å²) in [5, 5.41) is 0. The summed E-state index contributed by atoms with van der Waals surface area (Å²) < 4.78 is 6.25. The zero-order valence-electron chi connectivity index (χ0n) is 18.7. The third-order valence-corrected chi connectivity index (χ3v) is 9.22. The summed E-state index contributed by atoms with van der Waals surface area (Å²) in [6.45, 7) is 2.28. The molecule has 0 saturated heterocycles. The SMILES string of the molecule is C#C[C@]1(OC(=O)C2=CN(C)C=CC2)CC[C@H]2[C@@H]3CCC4=CC(=O)CC[C@@H]4[C@H]3CC[C@@]21C. The minimum Gasteiger partial charge on any atom is -0.442 e. The first-order valence-corrected chi connectivity index (χ1v) is 11.9. The Hall–Kier alpha value is -2.28. The lowest BCUT2D eigenvalue weighted by Gasteiger charge is -2.55. The number of carbonyl (C=O) groups excluding carboxylic acids is 2. The third kappa shape index (κ3) is 3.12. The van der Waals surface area contributed by atoms with Crippen LogP contribution >= 0.6 is 0 Å². The van der Waals surface area contributed by atoms with Gasteiger partial charge in [-0.05, 0) is 80.9 Å². The fourth-order valence-corrected chi connectivity index (χ4v) is 7.66. The Morgan fingerprint density at radius 2 is 2.03 bits per heavy atom. The maximum Gasteiger partial charge on any atom is 0.337 e. The van der Waals surface area contributed by atoms with Gasteiger partial charge in [0.05, 0.1) is 5.57 Å². The van der Waals surface area contributed by atoms with Gasteiger partial charge in [-0.3, -0.25) is 4.79 Å². The summed E-state index contributed by atoms with van der Waals surface area (Å²) in [7, 11) is 1.92. The Balaban J connectivity index is 1.39. The number of carbonyl (C=O) groups is 2. The van der Waals surface area contributed by atoms with Crippen LogP contribution in [0.3, 0.4) is 0 Å². The van der Waals surface area contributed by atoms with E-state index in [1.807, 2.05) is 36.5 Å².